The maximum absolute atomic E-state index is 4.89. The summed E-state index contributed by atoms with van der Waals surface area (Å²) in [5.41, 5.74) is 1.30. The molecule has 1 saturated carbocycles. The van der Waals surface area contributed by atoms with Gasteiger partial charge in [-0.1, -0.05) is 20.8 Å². The Hall–Kier alpha value is -0.610. The predicted molar refractivity (Wildman–Crippen MR) is 84.1 cm³/mol. The molecule has 0 atom stereocenters. The van der Waals surface area contributed by atoms with E-state index in [0.29, 0.717) is 0 Å². The molecule has 1 N–H and O–H groups in total. The van der Waals surface area contributed by atoms with Gasteiger partial charge in [0.05, 0.1) is 5.69 Å². The summed E-state index contributed by atoms with van der Waals surface area (Å²) in [7, 11) is 0. The van der Waals surface area contributed by atoms with Crippen LogP contribution in [-0.4, -0.2) is 24.1 Å². The quantitative estimate of drug-likeness (QED) is 0.701. The molecule has 19 heavy (non-hydrogen) atoms. The molecule has 0 spiro atoms. The largest absolute Gasteiger partial charge is 0.345 e. The van der Waals surface area contributed by atoms with Crippen LogP contribution in [0.4, 0.5) is 5.13 Å². The van der Waals surface area contributed by atoms with Crippen molar-refractivity contribution in [1.29, 1.82) is 0 Å². The van der Waals surface area contributed by atoms with Crippen molar-refractivity contribution in [3.63, 3.8) is 0 Å². The minimum Gasteiger partial charge on any atom is -0.345 e. The number of hydrogen-bond acceptors (Lipinski definition) is 4. The second kappa shape index (κ2) is 7.25. The van der Waals surface area contributed by atoms with Gasteiger partial charge in [0.15, 0.2) is 5.13 Å². The fourth-order valence-corrected chi connectivity index (χ4v) is 3.56. The highest BCUT2D eigenvalue weighted by molar-refractivity contribution is 7.15. The summed E-state index contributed by atoms with van der Waals surface area (Å²) >= 11 is 1.90. The third kappa shape index (κ3) is 3.93. The molecule has 0 aromatic carbocycles. The standard InChI is InChI=1S/C15H27N3S/c1-4-9-16-11-14-13(6-3)17-15(19-14)18(10-5-2)12-7-8-12/h12,16H,4-11H2,1-3H3. The molecule has 2 rings (SSSR count). The average Bonchev–Trinajstić information content (AvgIpc) is 3.17. The summed E-state index contributed by atoms with van der Waals surface area (Å²) in [5, 5.41) is 4.77. The Morgan fingerprint density at radius 1 is 1.26 bits per heavy atom. The van der Waals surface area contributed by atoms with Gasteiger partial charge in [0, 0.05) is 24.0 Å². The van der Waals surface area contributed by atoms with Gasteiger partial charge in [0.25, 0.3) is 0 Å². The molecule has 1 aromatic heterocycles. The van der Waals surface area contributed by atoms with Crippen LogP contribution in [0.25, 0.3) is 0 Å². The van der Waals surface area contributed by atoms with E-state index in [9.17, 15) is 0 Å². The molecule has 1 aliphatic rings. The van der Waals surface area contributed by atoms with E-state index >= 15 is 0 Å². The molecule has 0 aliphatic heterocycles. The lowest BCUT2D eigenvalue weighted by Gasteiger charge is -2.20. The van der Waals surface area contributed by atoms with E-state index in [1.807, 2.05) is 11.3 Å². The first-order valence-corrected chi connectivity index (χ1v) is 8.57. The van der Waals surface area contributed by atoms with E-state index in [1.165, 1.54) is 41.4 Å². The van der Waals surface area contributed by atoms with Crippen LogP contribution >= 0.6 is 11.3 Å². The summed E-state index contributed by atoms with van der Waals surface area (Å²) in [6, 6.07) is 0.771. The molecule has 0 amide bonds. The molecule has 1 aromatic rings. The zero-order valence-corrected chi connectivity index (χ0v) is 13.4. The van der Waals surface area contributed by atoms with E-state index in [2.05, 4.69) is 31.0 Å². The molecule has 108 valence electrons. The van der Waals surface area contributed by atoms with Crippen molar-refractivity contribution >= 4 is 16.5 Å². The normalized spacial score (nSPS) is 14.9. The highest BCUT2D eigenvalue weighted by atomic mass is 32.1. The lowest BCUT2D eigenvalue weighted by atomic mass is 10.3. The van der Waals surface area contributed by atoms with Gasteiger partial charge in [-0.15, -0.1) is 11.3 Å². The molecule has 4 heteroatoms. The van der Waals surface area contributed by atoms with Gasteiger partial charge in [0.1, 0.15) is 0 Å². The number of aryl methyl sites for hydroxylation is 1. The minimum absolute atomic E-state index is 0.771. The summed E-state index contributed by atoms with van der Waals surface area (Å²) in [6.07, 6.45) is 6.15. The number of nitrogens with zero attached hydrogens (tertiary/aromatic N) is 2. The lowest BCUT2D eigenvalue weighted by molar-refractivity contribution is 0.676. The predicted octanol–water partition coefficient (Wildman–Crippen LogP) is 3.58. The molecule has 1 fully saturated rings. The first-order valence-electron chi connectivity index (χ1n) is 7.76. The Balaban J connectivity index is 2.07. The Morgan fingerprint density at radius 2 is 2.05 bits per heavy atom. The van der Waals surface area contributed by atoms with E-state index in [0.717, 1.165) is 32.1 Å². The number of anilines is 1. The number of nitrogens with one attached hydrogen (secondary N) is 1. The average molecular weight is 281 g/mol. The van der Waals surface area contributed by atoms with Crippen molar-refractivity contribution in [3.05, 3.63) is 10.6 Å². The Kier molecular flexibility index (Phi) is 5.64. The highest BCUT2D eigenvalue weighted by Crippen LogP contribution is 2.35. The molecular weight excluding hydrogens is 254 g/mol. The Labute approximate surface area is 121 Å². The van der Waals surface area contributed by atoms with E-state index in [-0.39, 0.29) is 0 Å². The van der Waals surface area contributed by atoms with E-state index < -0.39 is 0 Å². The van der Waals surface area contributed by atoms with Crippen molar-refractivity contribution in [2.75, 3.05) is 18.0 Å². The minimum atomic E-state index is 0.771. The zero-order chi connectivity index (χ0) is 13.7. The van der Waals surface area contributed by atoms with Crippen molar-refractivity contribution in [1.82, 2.24) is 10.3 Å². The van der Waals surface area contributed by atoms with Gasteiger partial charge in [-0.25, -0.2) is 4.98 Å². The first kappa shape index (κ1) is 14.8. The summed E-state index contributed by atoms with van der Waals surface area (Å²) in [4.78, 5) is 8.86. The third-order valence-electron chi connectivity index (χ3n) is 3.51. The molecule has 1 aliphatic carbocycles. The Bertz CT molecular complexity index is 385. The monoisotopic (exact) mass is 281 g/mol. The molecule has 3 nitrogen and oxygen atoms in total. The molecule has 0 bridgehead atoms. The highest BCUT2D eigenvalue weighted by Gasteiger charge is 2.30. The maximum Gasteiger partial charge on any atom is 0.186 e. The first-order chi connectivity index (χ1) is 9.30. The number of aromatic nitrogens is 1. The molecule has 0 radical (unpaired) electrons. The zero-order valence-electron chi connectivity index (χ0n) is 12.5. The topological polar surface area (TPSA) is 28.2 Å². The smallest absolute Gasteiger partial charge is 0.186 e. The number of rotatable bonds is 9. The summed E-state index contributed by atoms with van der Waals surface area (Å²) < 4.78 is 0. The van der Waals surface area contributed by atoms with E-state index in [1.54, 1.807) is 0 Å². The van der Waals surface area contributed by atoms with Gasteiger partial charge in [-0.05, 0) is 38.6 Å². The van der Waals surface area contributed by atoms with Gasteiger partial charge < -0.3 is 10.2 Å². The van der Waals surface area contributed by atoms with Gasteiger partial charge >= 0.3 is 0 Å². The fourth-order valence-electron chi connectivity index (χ4n) is 2.35. The van der Waals surface area contributed by atoms with Crippen molar-refractivity contribution in [3.8, 4) is 0 Å². The van der Waals surface area contributed by atoms with Gasteiger partial charge in [0.2, 0.25) is 0 Å². The summed E-state index contributed by atoms with van der Waals surface area (Å²) in [6.45, 7) is 9.92. The van der Waals surface area contributed by atoms with Crippen LogP contribution < -0.4 is 10.2 Å². The van der Waals surface area contributed by atoms with Crippen LogP contribution in [0.1, 0.15) is 57.0 Å². The molecule has 0 saturated heterocycles. The molecule has 1 heterocycles. The van der Waals surface area contributed by atoms with Gasteiger partial charge in [-0.2, -0.15) is 0 Å². The number of thiazole rings is 1. The van der Waals surface area contributed by atoms with Crippen molar-refractivity contribution < 1.29 is 0 Å². The SMILES string of the molecule is CCCNCc1sc(N(CCC)C2CC2)nc1CC. The number of hydrogen-bond donors (Lipinski definition) is 1. The molecular formula is C15H27N3S. The van der Waals surface area contributed by atoms with Crippen LogP contribution in [0.15, 0.2) is 0 Å². The lowest BCUT2D eigenvalue weighted by Crippen LogP contribution is -2.26. The second-order valence-electron chi connectivity index (χ2n) is 5.32. The van der Waals surface area contributed by atoms with Gasteiger partial charge in [-0.3, -0.25) is 0 Å². The van der Waals surface area contributed by atoms with E-state index in [4.69, 9.17) is 4.98 Å². The van der Waals surface area contributed by atoms with Crippen molar-refractivity contribution in [2.24, 2.45) is 0 Å². The third-order valence-corrected chi connectivity index (χ3v) is 4.65. The van der Waals surface area contributed by atoms with Crippen LogP contribution in [0.2, 0.25) is 0 Å². The molecule has 0 unspecified atom stereocenters. The summed E-state index contributed by atoms with van der Waals surface area (Å²) in [5.74, 6) is 0. The van der Waals surface area contributed by atoms with Crippen LogP contribution in [0, 0.1) is 0 Å². The second-order valence-corrected chi connectivity index (χ2v) is 6.38. The van der Waals surface area contributed by atoms with Crippen LogP contribution in [0.3, 0.4) is 0 Å². The Morgan fingerprint density at radius 3 is 2.63 bits per heavy atom. The van der Waals surface area contributed by atoms with Crippen LogP contribution in [-0.2, 0) is 13.0 Å². The fraction of sp³-hybridized carbons (Fsp3) is 0.800. The van der Waals surface area contributed by atoms with Crippen molar-refractivity contribution in [2.45, 2.75) is 65.5 Å². The maximum atomic E-state index is 4.89. The van der Waals surface area contributed by atoms with Crippen LogP contribution in [0.5, 0.6) is 0 Å².